The summed E-state index contributed by atoms with van der Waals surface area (Å²) in [4.78, 5) is 33.6. The highest BCUT2D eigenvalue weighted by atomic mass is 16.5. The number of nitrogens with one attached hydrogen (secondary N) is 1. The van der Waals surface area contributed by atoms with E-state index >= 15 is 0 Å². The minimum Gasteiger partial charge on any atom is -0.378 e. The number of hydrogen-bond acceptors (Lipinski definition) is 4. The first-order chi connectivity index (χ1) is 11.6. The summed E-state index contributed by atoms with van der Waals surface area (Å²) in [6, 6.07) is 9.36. The molecule has 7 nitrogen and oxygen atoms in total. The van der Waals surface area contributed by atoms with Crippen LogP contribution < -0.4 is 5.73 Å². The number of nitrogens with zero attached hydrogens (tertiary/aromatic N) is 2. The summed E-state index contributed by atoms with van der Waals surface area (Å²) in [6.45, 7) is 2.03. The zero-order chi connectivity index (χ0) is 16.7. The molecular formula is C17H16N4O3. The Morgan fingerprint density at radius 2 is 1.92 bits per heavy atom. The number of carbonyl (C=O) groups is 2. The molecule has 3 N–H and O–H groups in total. The molecule has 4 rings (SSSR count). The maximum Gasteiger partial charge on any atom is 0.272 e. The van der Waals surface area contributed by atoms with Gasteiger partial charge in [-0.05, 0) is 12.1 Å². The zero-order valence-electron chi connectivity index (χ0n) is 12.9. The maximum atomic E-state index is 12.7. The molecule has 3 heterocycles. The second-order valence-electron chi connectivity index (χ2n) is 5.72. The molecule has 1 fully saturated rings. The molecule has 24 heavy (non-hydrogen) atoms. The highest BCUT2D eigenvalue weighted by molar-refractivity contribution is 6.15. The van der Waals surface area contributed by atoms with E-state index in [-0.39, 0.29) is 17.3 Å². The fourth-order valence-corrected chi connectivity index (χ4v) is 3.06. The van der Waals surface area contributed by atoms with Gasteiger partial charge in [-0.1, -0.05) is 18.2 Å². The quantitative estimate of drug-likeness (QED) is 0.741. The largest absolute Gasteiger partial charge is 0.378 e. The highest BCUT2D eigenvalue weighted by Gasteiger charge is 2.23. The number of pyridine rings is 1. The van der Waals surface area contributed by atoms with Gasteiger partial charge in [-0.15, -0.1) is 0 Å². The second kappa shape index (κ2) is 5.61. The fourth-order valence-electron chi connectivity index (χ4n) is 3.06. The van der Waals surface area contributed by atoms with Crippen LogP contribution in [0.25, 0.3) is 21.8 Å². The molecule has 122 valence electrons. The molecule has 0 unspecified atom stereocenters. The van der Waals surface area contributed by atoms with Crippen molar-refractivity contribution in [2.24, 2.45) is 5.73 Å². The molecule has 0 bridgehead atoms. The van der Waals surface area contributed by atoms with Gasteiger partial charge in [0.05, 0.1) is 18.7 Å². The Hall–Kier alpha value is -2.93. The van der Waals surface area contributed by atoms with Crippen LogP contribution >= 0.6 is 0 Å². The van der Waals surface area contributed by atoms with Crippen LogP contribution in [0.2, 0.25) is 0 Å². The average molecular weight is 324 g/mol. The molecule has 0 atom stereocenters. The summed E-state index contributed by atoms with van der Waals surface area (Å²) in [5.41, 5.74) is 7.22. The van der Waals surface area contributed by atoms with Crippen molar-refractivity contribution in [3.8, 4) is 0 Å². The monoisotopic (exact) mass is 324 g/mol. The SMILES string of the molecule is NC(=O)c1nc(C(=O)N2CCOCC2)cc2c1[nH]c1ccccc12. The van der Waals surface area contributed by atoms with E-state index in [4.69, 9.17) is 10.5 Å². The van der Waals surface area contributed by atoms with Crippen molar-refractivity contribution in [3.63, 3.8) is 0 Å². The number of rotatable bonds is 2. The summed E-state index contributed by atoms with van der Waals surface area (Å²) >= 11 is 0. The Bertz CT molecular complexity index is 957. The zero-order valence-corrected chi connectivity index (χ0v) is 12.9. The number of primary amides is 1. The Kier molecular flexibility index (Phi) is 3.42. The van der Waals surface area contributed by atoms with E-state index in [1.807, 2.05) is 24.3 Å². The van der Waals surface area contributed by atoms with Gasteiger partial charge in [0, 0.05) is 29.4 Å². The molecular weight excluding hydrogens is 308 g/mol. The molecule has 2 aromatic heterocycles. The topological polar surface area (TPSA) is 101 Å². The number of ether oxygens (including phenoxy) is 1. The van der Waals surface area contributed by atoms with Crippen molar-refractivity contribution < 1.29 is 14.3 Å². The third-order valence-electron chi connectivity index (χ3n) is 4.25. The van der Waals surface area contributed by atoms with Crippen LogP contribution in [0.4, 0.5) is 0 Å². The lowest BCUT2D eigenvalue weighted by atomic mass is 10.1. The van der Waals surface area contributed by atoms with Crippen LogP contribution in [0.3, 0.4) is 0 Å². The van der Waals surface area contributed by atoms with Gasteiger partial charge >= 0.3 is 0 Å². The van der Waals surface area contributed by atoms with Gasteiger partial charge in [0.1, 0.15) is 5.69 Å². The molecule has 1 saturated heterocycles. The van der Waals surface area contributed by atoms with Gasteiger partial charge in [-0.3, -0.25) is 9.59 Å². The van der Waals surface area contributed by atoms with Crippen LogP contribution in [0.15, 0.2) is 30.3 Å². The number of fused-ring (bicyclic) bond motifs is 3. The Balaban J connectivity index is 1.91. The van der Waals surface area contributed by atoms with Crippen molar-refractivity contribution in [2.75, 3.05) is 26.3 Å². The summed E-state index contributed by atoms with van der Waals surface area (Å²) in [7, 11) is 0. The molecule has 0 radical (unpaired) electrons. The van der Waals surface area contributed by atoms with E-state index in [0.717, 1.165) is 16.3 Å². The Morgan fingerprint density at radius 1 is 1.17 bits per heavy atom. The first-order valence-corrected chi connectivity index (χ1v) is 7.73. The van der Waals surface area contributed by atoms with Crippen molar-refractivity contribution in [3.05, 3.63) is 41.7 Å². The number of amides is 2. The first kappa shape index (κ1) is 14.6. The molecule has 3 aromatic rings. The summed E-state index contributed by atoms with van der Waals surface area (Å²) in [5, 5.41) is 1.69. The molecule has 7 heteroatoms. The van der Waals surface area contributed by atoms with Gasteiger partial charge < -0.3 is 20.4 Å². The minimum atomic E-state index is -0.664. The van der Waals surface area contributed by atoms with Crippen LogP contribution in [-0.2, 0) is 4.74 Å². The molecule has 0 saturated carbocycles. The van der Waals surface area contributed by atoms with Crippen molar-refractivity contribution >= 4 is 33.6 Å². The van der Waals surface area contributed by atoms with Gasteiger partial charge in [0.25, 0.3) is 11.8 Å². The third-order valence-corrected chi connectivity index (χ3v) is 4.25. The minimum absolute atomic E-state index is 0.0836. The highest BCUT2D eigenvalue weighted by Crippen LogP contribution is 2.28. The number of aromatic amines is 1. The van der Waals surface area contributed by atoms with Crippen LogP contribution in [0, 0.1) is 0 Å². The lowest BCUT2D eigenvalue weighted by Crippen LogP contribution is -2.41. The molecule has 1 aliphatic heterocycles. The molecule has 1 aliphatic rings. The van der Waals surface area contributed by atoms with Crippen LogP contribution in [0.5, 0.6) is 0 Å². The number of H-pyrrole nitrogens is 1. The van der Waals surface area contributed by atoms with E-state index in [0.29, 0.717) is 31.8 Å². The van der Waals surface area contributed by atoms with E-state index in [1.165, 1.54) is 0 Å². The second-order valence-corrected chi connectivity index (χ2v) is 5.72. The first-order valence-electron chi connectivity index (χ1n) is 7.73. The predicted octanol–water partition coefficient (Wildman–Crippen LogP) is 1.29. The predicted molar refractivity (Wildman–Crippen MR) is 88.8 cm³/mol. The summed E-state index contributed by atoms with van der Waals surface area (Å²) in [5.74, 6) is -0.879. The summed E-state index contributed by atoms with van der Waals surface area (Å²) in [6.07, 6.45) is 0. The van der Waals surface area contributed by atoms with E-state index in [1.54, 1.807) is 11.0 Å². The van der Waals surface area contributed by atoms with Crippen LogP contribution in [-0.4, -0.2) is 53.0 Å². The maximum absolute atomic E-state index is 12.7. The van der Waals surface area contributed by atoms with E-state index in [2.05, 4.69) is 9.97 Å². The normalized spacial score (nSPS) is 15.1. The smallest absolute Gasteiger partial charge is 0.272 e. The lowest BCUT2D eigenvalue weighted by molar-refractivity contribution is 0.0299. The third kappa shape index (κ3) is 2.30. The van der Waals surface area contributed by atoms with Gasteiger partial charge in [0.15, 0.2) is 5.69 Å². The van der Waals surface area contributed by atoms with Crippen molar-refractivity contribution in [1.82, 2.24) is 14.9 Å². The number of hydrogen-bond donors (Lipinski definition) is 2. The van der Waals surface area contributed by atoms with Gasteiger partial charge in [-0.2, -0.15) is 0 Å². The number of nitrogens with two attached hydrogens (primary N) is 1. The summed E-state index contributed by atoms with van der Waals surface area (Å²) < 4.78 is 5.27. The number of carbonyl (C=O) groups excluding carboxylic acids is 2. The van der Waals surface area contributed by atoms with Crippen LogP contribution in [0.1, 0.15) is 21.0 Å². The fraction of sp³-hybridized carbons (Fsp3) is 0.235. The van der Waals surface area contributed by atoms with Crippen molar-refractivity contribution in [1.29, 1.82) is 0 Å². The standard InChI is InChI=1S/C17H16N4O3/c18-16(22)15-14-11(10-3-1-2-4-12(10)19-14)9-13(20-15)17(23)21-5-7-24-8-6-21/h1-4,9,19H,5-8H2,(H2,18,22). The molecule has 0 spiro atoms. The number of morpholine rings is 1. The van der Waals surface area contributed by atoms with Gasteiger partial charge in [-0.25, -0.2) is 4.98 Å². The van der Waals surface area contributed by atoms with E-state index in [9.17, 15) is 9.59 Å². The molecule has 0 aliphatic carbocycles. The Morgan fingerprint density at radius 3 is 2.67 bits per heavy atom. The number of benzene rings is 1. The Labute approximate surface area is 137 Å². The van der Waals surface area contributed by atoms with E-state index < -0.39 is 5.91 Å². The molecule has 2 amide bonds. The number of para-hydroxylation sites is 1. The van der Waals surface area contributed by atoms with Crippen molar-refractivity contribution in [2.45, 2.75) is 0 Å². The van der Waals surface area contributed by atoms with Gasteiger partial charge in [0.2, 0.25) is 0 Å². The lowest BCUT2D eigenvalue weighted by Gasteiger charge is -2.26. The number of aromatic nitrogens is 2. The average Bonchev–Trinajstić information content (AvgIpc) is 2.99. The molecule has 1 aromatic carbocycles.